The van der Waals surface area contributed by atoms with Crippen molar-refractivity contribution in [3.05, 3.63) is 0 Å². The molecule has 0 aliphatic rings. The Hall–Kier alpha value is -2.15. The predicted molar refractivity (Wildman–Crippen MR) is 86.2 cm³/mol. The molecular weight excluding hydrogens is 402 g/mol. The summed E-state index contributed by atoms with van der Waals surface area (Å²) in [5, 5.41) is 8.71. The molecule has 0 saturated carbocycles. The zero-order chi connectivity index (χ0) is 19.4. The molecule has 0 unspecified atom stereocenters. The Kier molecular flexibility index (Phi) is 11.2. The molecule has 0 spiro atoms. The van der Waals surface area contributed by atoms with Crippen molar-refractivity contribution in [2.24, 2.45) is 0 Å². The summed E-state index contributed by atoms with van der Waals surface area (Å²) >= 11 is 3.29. The number of ether oxygens (including phenoxy) is 4. The van der Waals surface area contributed by atoms with Crippen LogP contribution < -0.4 is 0 Å². The van der Waals surface area contributed by atoms with Crippen LogP contribution in [0.1, 0.15) is 33.6 Å². The number of nitrogens with zero attached hydrogens (tertiary/aromatic N) is 1. The molecule has 0 heterocycles. The van der Waals surface area contributed by atoms with Gasteiger partial charge in [-0.2, -0.15) is 5.26 Å². The minimum atomic E-state index is -1.24. The molecule has 0 fully saturated rings. The normalized spacial score (nSPS) is 14.8. The number of hydrogen-bond donors (Lipinski definition) is 0. The summed E-state index contributed by atoms with van der Waals surface area (Å²) in [6.07, 6.45) is -3.10. The number of halogens is 1. The van der Waals surface area contributed by atoms with Crippen LogP contribution in [0.15, 0.2) is 0 Å². The summed E-state index contributed by atoms with van der Waals surface area (Å²) in [5.74, 6) is -2.02. The zero-order valence-corrected chi connectivity index (χ0v) is 15.7. The van der Waals surface area contributed by atoms with Gasteiger partial charge in [-0.1, -0.05) is 15.9 Å². The molecule has 0 bridgehead atoms. The van der Waals surface area contributed by atoms with Gasteiger partial charge in [-0.05, 0) is 6.42 Å². The highest BCUT2D eigenvalue weighted by Gasteiger charge is 2.40. The van der Waals surface area contributed by atoms with Gasteiger partial charge in [0, 0.05) is 27.2 Å². The number of esters is 3. The summed E-state index contributed by atoms with van der Waals surface area (Å²) in [6, 6.07) is 1.95. The first-order valence-corrected chi connectivity index (χ1v) is 8.22. The minimum absolute atomic E-state index is 0.105. The minimum Gasteiger partial charge on any atom is -0.462 e. The lowest BCUT2D eigenvalue weighted by molar-refractivity contribution is -0.185. The molecule has 4 atom stereocenters. The maximum atomic E-state index is 11.4. The largest absolute Gasteiger partial charge is 0.462 e. The van der Waals surface area contributed by atoms with Crippen molar-refractivity contribution >= 4 is 40.3 Å². The van der Waals surface area contributed by atoms with Gasteiger partial charge in [0.15, 0.2) is 18.3 Å². The number of carbonyl (C=O) groups excluding carboxylic acids is 4. The Morgan fingerprint density at radius 3 is 2.08 bits per heavy atom. The molecule has 0 aromatic carbocycles. The standard InChI is InChI=1S/C15H20BrNO8/c1-9(19)22-7-13(23-8-18)15(25-11(3)21)14(24-10(2)20)12(16)5-4-6-17/h8,12-15H,4-5,7H2,1-3H3/t12-,13+,14+,15+/m0/s1. The molecule has 9 nitrogen and oxygen atoms in total. The van der Waals surface area contributed by atoms with Gasteiger partial charge in [-0.15, -0.1) is 0 Å². The molecule has 0 rings (SSSR count). The lowest BCUT2D eigenvalue weighted by Crippen LogP contribution is -2.50. The average molecular weight is 422 g/mol. The van der Waals surface area contributed by atoms with E-state index in [0.717, 1.165) is 20.8 Å². The monoisotopic (exact) mass is 421 g/mol. The van der Waals surface area contributed by atoms with Crippen molar-refractivity contribution in [1.29, 1.82) is 5.26 Å². The Labute approximate surface area is 153 Å². The smallest absolute Gasteiger partial charge is 0.303 e. The van der Waals surface area contributed by atoms with Crippen LogP contribution in [0.2, 0.25) is 0 Å². The molecule has 0 aliphatic carbocycles. The first kappa shape index (κ1) is 22.9. The molecule has 0 amide bonds. The lowest BCUT2D eigenvalue weighted by atomic mass is 10.0. The molecule has 10 heteroatoms. The van der Waals surface area contributed by atoms with Crippen LogP contribution in [0.25, 0.3) is 0 Å². The van der Waals surface area contributed by atoms with Crippen molar-refractivity contribution < 1.29 is 38.1 Å². The van der Waals surface area contributed by atoms with Gasteiger partial charge in [0.2, 0.25) is 0 Å². The fourth-order valence-corrected chi connectivity index (χ4v) is 2.57. The SMILES string of the molecule is CC(=O)OC[C@@H](OC=O)[C@@H](OC(C)=O)[C@H](OC(C)=O)[C@@H](Br)CCC#N. The first-order valence-electron chi connectivity index (χ1n) is 7.30. The fourth-order valence-electron chi connectivity index (χ4n) is 1.93. The fraction of sp³-hybridized carbons (Fsp3) is 0.667. The molecule has 140 valence electrons. The summed E-state index contributed by atoms with van der Waals surface area (Å²) in [7, 11) is 0. The second-order valence-electron chi connectivity index (χ2n) is 4.93. The Balaban J connectivity index is 5.60. The van der Waals surface area contributed by atoms with Gasteiger partial charge in [0.1, 0.15) is 6.61 Å². The number of nitriles is 1. The highest BCUT2D eigenvalue weighted by atomic mass is 79.9. The van der Waals surface area contributed by atoms with E-state index in [9.17, 15) is 19.2 Å². The molecule has 0 aliphatic heterocycles. The van der Waals surface area contributed by atoms with E-state index in [0.29, 0.717) is 0 Å². The Morgan fingerprint density at radius 1 is 1.08 bits per heavy atom. The first-order chi connectivity index (χ1) is 11.7. The van der Waals surface area contributed by atoms with E-state index in [4.69, 9.17) is 24.2 Å². The summed E-state index contributed by atoms with van der Waals surface area (Å²) in [4.78, 5) is 44.1. The van der Waals surface area contributed by atoms with E-state index in [1.54, 1.807) is 0 Å². The van der Waals surface area contributed by atoms with E-state index >= 15 is 0 Å². The Morgan fingerprint density at radius 2 is 1.64 bits per heavy atom. The molecule has 25 heavy (non-hydrogen) atoms. The van der Waals surface area contributed by atoms with Crippen LogP contribution in [0, 0.1) is 11.3 Å². The van der Waals surface area contributed by atoms with Gasteiger partial charge in [0.05, 0.1) is 10.9 Å². The lowest BCUT2D eigenvalue weighted by Gasteiger charge is -2.33. The van der Waals surface area contributed by atoms with Crippen molar-refractivity contribution in [3.63, 3.8) is 0 Å². The molecule has 0 saturated heterocycles. The number of rotatable bonds is 11. The highest BCUT2D eigenvalue weighted by Crippen LogP contribution is 2.24. The third kappa shape index (κ3) is 9.66. The van der Waals surface area contributed by atoms with E-state index in [2.05, 4.69) is 15.9 Å². The van der Waals surface area contributed by atoms with Gasteiger partial charge < -0.3 is 18.9 Å². The zero-order valence-electron chi connectivity index (χ0n) is 14.1. The summed E-state index contributed by atoms with van der Waals surface area (Å²) < 4.78 is 20.0. The van der Waals surface area contributed by atoms with Crippen LogP contribution in [0.4, 0.5) is 0 Å². The van der Waals surface area contributed by atoms with Crippen molar-refractivity contribution in [2.75, 3.05) is 6.61 Å². The van der Waals surface area contributed by atoms with Crippen LogP contribution in [0.3, 0.4) is 0 Å². The second kappa shape index (κ2) is 12.2. The molecule has 0 aromatic rings. The maximum Gasteiger partial charge on any atom is 0.303 e. The quantitative estimate of drug-likeness (QED) is 0.207. The molecule has 0 radical (unpaired) electrons. The van der Waals surface area contributed by atoms with Crippen LogP contribution in [-0.4, -0.2) is 54.1 Å². The van der Waals surface area contributed by atoms with E-state index in [1.807, 2.05) is 6.07 Å². The molecular formula is C15H20BrNO8. The van der Waals surface area contributed by atoms with E-state index in [-0.39, 0.29) is 19.3 Å². The van der Waals surface area contributed by atoms with Gasteiger partial charge in [-0.3, -0.25) is 19.2 Å². The van der Waals surface area contributed by atoms with Crippen LogP contribution >= 0.6 is 15.9 Å². The highest BCUT2D eigenvalue weighted by molar-refractivity contribution is 9.09. The average Bonchev–Trinajstić information content (AvgIpc) is 2.51. The van der Waals surface area contributed by atoms with Crippen molar-refractivity contribution in [1.82, 2.24) is 0 Å². The summed E-state index contributed by atoms with van der Waals surface area (Å²) in [6.45, 7) is 3.14. The van der Waals surface area contributed by atoms with Crippen LogP contribution in [-0.2, 0) is 38.1 Å². The van der Waals surface area contributed by atoms with Crippen molar-refractivity contribution in [2.45, 2.75) is 56.8 Å². The second-order valence-corrected chi connectivity index (χ2v) is 6.11. The molecule has 0 N–H and O–H groups in total. The topological polar surface area (TPSA) is 129 Å². The van der Waals surface area contributed by atoms with Gasteiger partial charge in [-0.25, -0.2) is 0 Å². The van der Waals surface area contributed by atoms with E-state index in [1.165, 1.54) is 0 Å². The number of alkyl halides is 1. The van der Waals surface area contributed by atoms with Crippen LogP contribution in [0.5, 0.6) is 0 Å². The van der Waals surface area contributed by atoms with Crippen molar-refractivity contribution in [3.8, 4) is 6.07 Å². The third-order valence-corrected chi connectivity index (χ3v) is 3.84. The maximum absolute atomic E-state index is 11.4. The van der Waals surface area contributed by atoms with E-state index < -0.39 is 47.7 Å². The predicted octanol–water partition coefficient (Wildman–Crippen LogP) is 1.02. The summed E-state index contributed by atoms with van der Waals surface area (Å²) in [5.41, 5.74) is 0. The van der Waals surface area contributed by atoms with Gasteiger partial charge in [0.25, 0.3) is 6.47 Å². The third-order valence-electron chi connectivity index (χ3n) is 2.86. The van der Waals surface area contributed by atoms with Gasteiger partial charge >= 0.3 is 17.9 Å². The molecule has 0 aromatic heterocycles. The number of carbonyl (C=O) groups is 4. The Bertz CT molecular complexity index is 518. The number of hydrogen-bond acceptors (Lipinski definition) is 9.